The van der Waals surface area contributed by atoms with E-state index in [1.54, 1.807) is 0 Å². The maximum Gasteiger partial charge on any atom is 0.305 e. The molecule has 0 aliphatic heterocycles. The average molecular weight is 1030 g/mol. The van der Waals surface area contributed by atoms with Crippen molar-refractivity contribution < 1.29 is 24.5 Å². The first-order valence-electron chi connectivity index (χ1n) is 32.7. The molecule has 0 aromatic carbocycles. The number of amides is 1. The molecule has 0 aromatic heterocycles. The van der Waals surface area contributed by atoms with Crippen molar-refractivity contribution in [1.82, 2.24) is 5.32 Å². The summed E-state index contributed by atoms with van der Waals surface area (Å²) < 4.78 is 5.50. The second kappa shape index (κ2) is 62.6. The third kappa shape index (κ3) is 59.2. The molecule has 2 unspecified atom stereocenters. The molecule has 0 fully saturated rings. The van der Waals surface area contributed by atoms with Gasteiger partial charge >= 0.3 is 5.97 Å². The summed E-state index contributed by atoms with van der Waals surface area (Å²) in [4.78, 5) is 24.5. The number of hydrogen-bond donors (Lipinski definition) is 3. The van der Waals surface area contributed by atoms with E-state index in [0.29, 0.717) is 25.9 Å². The molecule has 6 heteroatoms. The normalized spacial score (nSPS) is 12.8. The molecule has 0 bridgehead atoms. The lowest BCUT2D eigenvalue weighted by atomic mass is 10.0. The second-order valence-electron chi connectivity index (χ2n) is 22.4. The zero-order valence-corrected chi connectivity index (χ0v) is 49.1. The second-order valence-corrected chi connectivity index (χ2v) is 22.4. The number of esters is 1. The number of unbranched alkanes of at least 4 members (excludes halogenated alkanes) is 44. The fraction of sp³-hybridized carbons (Fsp3) is 0.881. The summed E-state index contributed by atoms with van der Waals surface area (Å²) in [5.41, 5.74) is 0. The average Bonchev–Trinajstić information content (AvgIpc) is 3.39. The summed E-state index contributed by atoms with van der Waals surface area (Å²) in [5, 5.41) is 23.1. The zero-order chi connectivity index (χ0) is 52.9. The highest BCUT2D eigenvalue weighted by Crippen LogP contribution is 2.18. The van der Waals surface area contributed by atoms with Crippen LogP contribution in [0.3, 0.4) is 0 Å². The Labute approximate surface area is 455 Å². The molecule has 0 saturated carbocycles. The maximum absolute atomic E-state index is 12.4. The molecule has 0 aliphatic rings. The van der Waals surface area contributed by atoms with Crippen LogP contribution < -0.4 is 5.32 Å². The van der Waals surface area contributed by atoms with E-state index in [2.05, 4.69) is 55.6 Å². The van der Waals surface area contributed by atoms with Crippen LogP contribution in [0.5, 0.6) is 0 Å². The number of aliphatic hydroxyl groups is 2. The Bertz CT molecular complexity index is 1180. The molecule has 430 valence electrons. The van der Waals surface area contributed by atoms with E-state index >= 15 is 0 Å². The number of hydrogen-bond acceptors (Lipinski definition) is 5. The van der Waals surface area contributed by atoms with E-state index in [0.717, 1.165) is 51.4 Å². The molecule has 6 nitrogen and oxygen atoms in total. The summed E-state index contributed by atoms with van der Waals surface area (Å²) in [7, 11) is 0. The number of rotatable bonds is 61. The molecule has 0 saturated heterocycles. The molecule has 3 N–H and O–H groups in total. The van der Waals surface area contributed by atoms with E-state index in [4.69, 9.17) is 4.74 Å². The third-order valence-electron chi connectivity index (χ3n) is 15.2. The van der Waals surface area contributed by atoms with Gasteiger partial charge in [-0.05, 0) is 83.5 Å². The SMILES string of the molecule is CCCCCC/C=C\C/C=C\CCCCCCCCCC(=O)OCCCCCCCCCCCCCC/C=C\CCCCCCCCCCCCCCCC(=O)NC(CO)C(O)CCCCCCCCCCC. The van der Waals surface area contributed by atoms with E-state index < -0.39 is 12.1 Å². The van der Waals surface area contributed by atoms with Gasteiger partial charge in [0.1, 0.15) is 0 Å². The monoisotopic (exact) mass is 1030 g/mol. The fourth-order valence-electron chi connectivity index (χ4n) is 10.1. The van der Waals surface area contributed by atoms with Crippen molar-refractivity contribution in [3.8, 4) is 0 Å². The van der Waals surface area contributed by atoms with Gasteiger partial charge in [0.15, 0.2) is 0 Å². The number of carbonyl (C=O) groups excluding carboxylic acids is 2. The summed E-state index contributed by atoms with van der Waals surface area (Å²) in [6.45, 7) is 4.93. The van der Waals surface area contributed by atoms with Gasteiger partial charge < -0.3 is 20.3 Å². The lowest BCUT2D eigenvalue weighted by molar-refractivity contribution is -0.143. The van der Waals surface area contributed by atoms with Gasteiger partial charge in [-0.1, -0.05) is 294 Å². The number of allylic oxidation sites excluding steroid dienone is 6. The molecule has 1 amide bonds. The van der Waals surface area contributed by atoms with Gasteiger partial charge in [-0.2, -0.15) is 0 Å². The van der Waals surface area contributed by atoms with E-state index in [1.807, 2.05) is 0 Å². The fourth-order valence-corrected chi connectivity index (χ4v) is 10.1. The summed E-state index contributed by atoms with van der Waals surface area (Å²) in [6.07, 6.45) is 79.0. The Morgan fingerprint density at radius 1 is 0.384 bits per heavy atom. The van der Waals surface area contributed by atoms with Gasteiger partial charge in [0.2, 0.25) is 5.91 Å². The Kier molecular flexibility index (Phi) is 61.0. The van der Waals surface area contributed by atoms with Crippen molar-refractivity contribution in [3.63, 3.8) is 0 Å². The highest BCUT2D eigenvalue weighted by molar-refractivity contribution is 5.76. The maximum atomic E-state index is 12.4. The van der Waals surface area contributed by atoms with Crippen molar-refractivity contribution >= 4 is 11.9 Å². The highest BCUT2D eigenvalue weighted by atomic mass is 16.5. The summed E-state index contributed by atoms with van der Waals surface area (Å²) >= 11 is 0. The molecule has 0 radical (unpaired) electrons. The van der Waals surface area contributed by atoms with Gasteiger partial charge in [-0.25, -0.2) is 0 Å². The number of ether oxygens (including phenoxy) is 1. The first kappa shape index (κ1) is 71.1. The van der Waals surface area contributed by atoms with Crippen LogP contribution >= 0.6 is 0 Å². The minimum absolute atomic E-state index is 0.00918. The Morgan fingerprint density at radius 2 is 0.685 bits per heavy atom. The number of nitrogens with one attached hydrogen (secondary N) is 1. The highest BCUT2D eigenvalue weighted by Gasteiger charge is 2.20. The van der Waals surface area contributed by atoms with Gasteiger partial charge in [0.05, 0.1) is 25.4 Å². The van der Waals surface area contributed by atoms with Crippen LogP contribution in [0, 0.1) is 0 Å². The summed E-state index contributed by atoms with van der Waals surface area (Å²) in [6, 6.07) is -0.539. The predicted octanol–water partition coefficient (Wildman–Crippen LogP) is 20.8. The van der Waals surface area contributed by atoms with Crippen LogP contribution in [0.4, 0.5) is 0 Å². The van der Waals surface area contributed by atoms with E-state index in [-0.39, 0.29) is 18.5 Å². The summed E-state index contributed by atoms with van der Waals surface area (Å²) in [5.74, 6) is -0.0266. The van der Waals surface area contributed by atoms with E-state index in [9.17, 15) is 19.8 Å². The Balaban J connectivity index is 3.34. The molecule has 0 heterocycles. The number of carbonyl (C=O) groups is 2. The van der Waals surface area contributed by atoms with Crippen LogP contribution in [0.2, 0.25) is 0 Å². The van der Waals surface area contributed by atoms with Crippen LogP contribution in [0.25, 0.3) is 0 Å². The molecule has 0 rings (SSSR count). The first-order chi connectivity index (χ1) is 36.0. The van der Waals surface area contributed by atoms with Gasteiger partial charge in [-0.15, -0.1) is 0 Å². The lowest BCUT2D eigenvalue weighted by Gasteiger charge is -2.22. The predicted molar refractivity (Wildman–Crippen MR) is 319 cm³/mol. The first-order valence-corrected chi connectivity index (χ1v) is 32.7. The van der Waals surface area contributed by atoms with Crippen LogP contribution in [0.1, 0.15) is 354 Å². The molecular formula is C67H127NO5. The van der Waals surface area contributed by atoms with Crippen LogP contribution in [-0.2, 0) is 14.3 Å². The lowest BCUT2D eigenvalue weighted by Crippen LogP contribution is -2.45. The van der Waals surface area contributed by atoms with Crippen molar-refractivity contribution in [2.45, 2.75) is 366 Å². The quantitative estimate of drug-likeness (QED) is 0.0320. The topological polar surface area (TPSA) is 95.9 Å². The smallest absolute Gasteiger partial charge is 0.305 e. The van der Waals surface area contributed by atoms with Crippen molar-refractivity contribution in [2.24, 2.45) is 0 Å². The van der Waals surface area contributed by atoms with Gasteiger partial charge in [0, 0.05) is 12.8 Å². The minimum Gasteiger partial charge on any atom is -0.466 e. The molecule has 0 spiro atoms. The Morgan fingerprint density at radius 3 is 1.07 bits per heavy atom. The van der Waals surface area contributed by atoms with Gasteiger partial charge in [0.25, 0.3) is 0 Å². The van der Waals surface area contributed by atoms with Crippen LogP contribution in [0.15, 0.2) is 36.5 Å². The minimum atomic E-state index is -0.661. The van der Waals surface area contributed by atoms with E-state index in [1.165, 1.54) is 270 Å². The van der Waals surface area contributed by atoms with Crippen molar-refractivity contribution in [1.29, 1.82) is 0 Å². The van der Waals surface area contributed by atoms with Crippen molar-refractivity contribution in [2.75, 3.05) is 13.2 Å². The zero-order valence-electron chi connectivity index (χ0n) is 49.1. The molecule has 73 heavy (non-hydrogen) atoms. The molecule has 2 atom stereocenters. The standard InChI is InChI=1S/C67H127NO5/c1-3-5-7-9-11-13-14-15-16-17-32-35-38-41-45-49-53-57-61-67(72)73-62-58-54-50-46-42-39-36-33-30-28-26-24-22-20-18-19-21-23-25-27-29-31-34-37-40-44-48-52-56-60-66(71)68-64(63-69)65(70)59-55-51-47-43-12-10-8-6-4-2/h13-14,16-18,20,64-65,69-70H,3-12,15,19,21-63H2,1-2H3,(H,68,71)/b14-13-,17-16-,20-18-. The Hall–Kier alpha value is -1.92. The molecule has 0 aliphatic carbocycles. The van der Waals surface area contributed by atoms with Gasteiger partial charge in [-0.3, -0.25) is 9.59 Å². The largest absolute Gasteiger partial charge is 0.466 e. The van der Waals surface area contributed by atoms with Crippen LogP contribution in [-0.4, -0.2) is 47.4 Å². The third-order valence-corrected chi connectivity index (χ3v) is 15.2. The number of aliphatic hydroxyl groups excluding tert-OH is 2. The van der Waals surface area contributed by atoms with Crippen molar-refractivity contribution in [3.05, 3.63) is 36.5 Å². The molecular weight excluding hydrogens is 899 g/mol. The molecule has 0 aromatic rings.